The topological polar surface area (TPSA) is 101 Å². The highest BCUT2D eigenvalue weighted by atomic mass is 16.5. The van der Waals surface area contributed by atoms with Crippen LogP contribution in [0, 0.1) is 0 Å². The number of anilines is 1. The van der Waals surface area contributed by atoms with E-state index >= 15 is 0 Å². The molecule has 0 radical (unpaired) electrons. The van der Waals surface area contributed by atoms with Gasteiger partial charge in [-0.15, -0.1) is 10.2 Å². The number of carbonyl (C=O) groups excluding carboxylic acids is 1. The number of nitrogens with zero attached hydrogens (tertiary/aromatic N) is 2. The molecule has 0 aliphatic heterocycles. The Hall–Kier alpha value is -2.96. The molecule has 0 saturated carbocycles. The minimum Gasteiger partial charge on any atom is -0.479 e. The number of benzene rings is 1. The van der Waals surface area contributed by atoms with Crippen LogP contribution in [0.15, 0.2) is 42.5 Å². The van der Waals surface area contributed by atoms with Crippen LogP contribution < -0.4 is 5.32 Å². The van der Waals surface area contributed by atoms with Crippen LogP contribution in [0.2, 0.25) is 0 Å². The highest BCUT2D eigenvalue weighted by molar-refractivity contribution is 5.87. The van der Waals surface area contributed by atoms with E-state index in [-0.39, 0.29) is 11.5 Å². The van der Waals surface area contributed by atoms with Crippen molar-refractivity contribution in [1.29, 1.82) is 0 Å². The summed E-state index contributed by atoms with van der Waals surface area (Å²) in [5, 5.41) is 19.5. The van der Waals surface area contributed by atoms with Crippen molar-refractivity contribution in [2.45, 2.75) is 6.04 Å². The molecule has 1 aromatic carbocycles. The Morgan fingerprint density at radius 2 is 1.86 bits per heavy atom. The van der Waals surface area contributed by atoms with Crippen LogP contribution in [0.5, 0.6) is 0 Å². The molecule has 2 rings (SSSR count). The van der Waals surface area contributed by atoms with Crippen LogP contribution in [-0.4, -0.2) is 34.4 Å². The normalized spacial score (nSPS) is 11.5. The summed E-state index contributed by atoms with van der Waals surface area (Å²) < 4.78 is 4.51. The third kappa shape index (κ3) is 3.53. The molecule has 1 atom stereocenters. The number of carboxylic acid groups (broad SMARTS) is 1. The van der Waals surface area contributed by atoms with Crippen LogP contribution in [-0.2, 0) is 9.53 Å². The summed E-state index contributed by atoms with van der Waals surface area (Å²) in [5.74, 6) is -1.40. The number of hydrogen-bond donors (Lipinski definition) is 2. The molecule has 0 aliphatic carbocycles. The third-order valence-corrected chi connectivity index (χ3v) is 2.73. The van der Waals surface area contributed by atoms with Crippen LogP contribution >= 0.6 is 0 Å². The van der Waals surface area contributed by atoms with E-state index in [1.165, 1.54) is 19.2 Å². The number of nitrogens with one attached hydrogen (secondary N) is 1. The third-order valence-electron chi connectivity index (χ3n) is 2.73. The van der Waals surface area contributed by atoms with Gasteiger partial charge in [-0.25, -0.2) is 9.59 Å². The lowest BCUT2D eigenvalue weighted by atomic mass is 10.1. The van der Waals surface area contributed by atoms with Gasteiger partial charge in [0, 0.05) is 0 Å². The Morgan fingerprint density at radius 3 is 2.38 bits per heavy atom. The van der Waals surface area contributed by atoms with Crippen molar-refractivity contribution in [1.82, 2.24) is 10.2 Å². The molecule has 1 heterocycles. The number of aromatic nitrogens is 2. The summed E-state index contributed by atoms with van der Waals surface area (Å²) in [5.41, 5.74) is 0.637. The van der Waals surface area contributed by atoms with Gasteiger partial charge in [-0.3, -0.25) is 0 Å². The lowest BCUT2D eigenvalue weighted by molar-refractivity contribution is -0.138. The van der Waals surface area contributed by atoms with Gasteiger partial charge in [0.25, 0.3) is 0 Å². The molecule has 1 aromatic heterocycles. The van der Waals surface area contributed by atoms with E-state index in [2.05, 4.69) is 20.3 Å². The van der Waals surface area contributed by atoms with Gasteiger partial charge in [0.15, 0.2) is 11.7 Å². The smallest absolute Gasteiger partial charge is 0.358 e. The zero-order valence-electron chi connectivity index (χ0n) is 11.2. The van der Waals surface area contributed by atoms with E-state index in [1.54, 1.807) is 30.3 Å². The number of carboxylic acids is 1. The molecule has 7 nitrogen and oxygen atoms in total. The first-order chi connectivity index (χ1) is 10.1. The fraction of sp³-hybridized carbons (Fsp3) is 0.143. The van der Waals surface area contributed by atoms with Crippen LogP contribution in [0.3, 0.4) is 0 Å². The predicted octanol–water partition coefficient (Wildman–Crippen LogP) is 1.50. The average molecular weight is 287 g/mol. The van der Waals surface area contributed by atoms with Gasteiger partial charge in [0.05, 0.1) is 7.11 Å². The van der Waals surface area contributed by atoms with E-state index in [0.717, 1.165) is 0 Å². The number of aliphatic carboxylic acids is 1. The van der Waals surface area contributed by atoms with Crippen LogP contribution in [0.4, 0.5) is 5.82 Å². The summed E-state index contributed by atoms with van der Waals surface area (Å²) in [6.07, 6.45) is 0. The Balaban J connectivity index is 2.18. The summed E-state index contributed by atoms with van der Waals surface area (Å²) >= 11 is 0. The zero-order chi connectivity index (χ0) is 15.2. The van der Waals surface area contributed by atoms with E-state index in [4.69, 9.17) is 0 Å². The maximum absolute atomic E-state index is 11.3. The fourth-order valence-electron chi connectivity index (χ4n) is 1.70. The predicted molar refractivity (Wildman–Crippen MR) is 73.8 cm³/mol. The molecule has 2 aromatic rings. The van der Waals surface area contributed by atoms with Gasteiger partial charge in [-0.05, 0) is 17.7 Å². The Morgan fingerprint density at radius 1 is 1.14 bits per heavy atom. The summed E-state index contributed by atoms with van der Waals surface area (Å²) in [7, 11) is 1.24. The quantitative estimate of drug-likeness (QED) is 0.803. The van der Waals surface area contributed by atoms with Crippen molar-refractivity contribution in [3.8, 4) is 0 Å². The van der Waals surface area contributed by atoms with Gasteiger partial charge in [-0.1, -0.05) is 30.3 Å². The molecule has 0 aliphatic rings. The summed E-state index contributed by atoms with van der Waals surface area (Å²) in [6.45, 7) is 0. The lowest BCUT2D eigenvalue weighted by Crippen LogP contribution is -2.21. The molecule has 0 fully saturated rings. The fourth-order valence-corrected chi connectivity index (χ4v) is 1.70. The molecule has 7 heteroatoms. The monoisotopic (exact) mass is 287 g/mol. The first-order valence-corrected chi connectivity index (χ1v) is 6.08. The SMILES string of the molecule is COC(=O)c1ccc(NC(C(=O)O)c2ccccc2)nn1. The Bertz CT molecular complexity index is 628. The van der Waals surface area contributed by atoms with Crippen molar-refractivity contribution >= 4 is 17.8 Å². The van der Waals surface area contributed by atoms with E-state index in [1.807, 2.05) is 0 Å². The van der Waals surface area contributed by atoms with Crippen LogP contribution in [0.1, 0.15) is 22.1 Å². The zero-order valence-corrected chi connectivity index (χ0v) is 11.2. The van der Waals surface area contributed by atoms with Gasteiger partial charge >= 0.3 is 11.9 Å². The molecule has 108 valence electrons. The maximum atomic E-state index is 11.3. The van der Waals surface area contributed by atoms with Gasteiger partial charge in [-0.2, -0.15) is 0 Å². The number of hydrogen-bond acceptors (Lipinski definition) is 6. The number of esters is 1. The van der Waals surface area contributed by atoms with Crippen molar-refractivity contribution in [2.75, 3.05) is 12.4 Å². The van der Waals surface area contributed by atoms with Crippen molar-refractivity contribution in [3.63, 3.8) is 0 Å². The molecule has 0 amide bonds. The molecule has 21 heavy (non-hydrogen) atoms. The first-order valence-electron chi connectivity index (χ1n) is 6.08. The highest BCUT2D eigenvalue weighted by Crippen LogP contribution is 2.18. The first kappa shape index (κ1) is 14.4. The summed E-state index contributed by atoms with van der Waals surface area (Å²) in [6, 6.07) is 10.6. The molecule has 0 bridgehead atoms. The molecule has 0 spiro atoms. The highest BCUT2D eigenvalue weighted by Gasteiger charge is 2.20. The Kier molecular flexibility index (Phi) is 4.45. The molecular weight excluding hydrogens is 274 g/mol. The summed E-state index contributed by atoms with van der Waals surface area (Å²) in [4.78, 5) is 22.6. The van der Waals surface area contributed by atoms with Crippen molar-refractivity contribution < 1.29 is 19.4 Å². The van der Waals surface area contributed by atoms with E-state index < -0.39 is 18.0 Å². The van der Waals surface area contributed by atoms with Crippen molar-refractivity contribution in [2.24, 2.45) is 0 Å². The van der Waals surface area contributed by atoms with Gasteiger partial charge < -0.3 is 15.2 Å². The van der Waals surface area contributed by atoms with Crippen molar-refractivity contribution in [3.05, 3.63) is 53.7 Å². The molecule has 0 saturated heterocycles. The van der Waals surface area contributed by atoms with E-state index in [9.17, 15) is 14.7 Å². The molecular formula is C14H13N3O4. The number of methoxy groups -OCH3 is 1. The van der Waals surface area contributed by atoms with Crippen LogP contribution in [0.25, 0.3) is 0 Å². The lowest BCUT2D eigenvalue weighted by Gasteiger charge is -2.14. The minimum atomic E-state index is -1.04. The molecule has 2 N–H and O–H groups in total. The number of ether oxygens (including phenoxy) is 1. The second kappa shape index (κ2) is 6.47. The average Bonchev–Trinajstić information content (AvgIpc) is 2.53. The second-order valence-electron chi connectivity index (χ2n) is 4.12. The Labute approximate surface area is 120 Å². The van der Waals surface area contributed by atoms with E-state index in [0.29, 0.717) is 5.56 Å². The standard InChI is InChI=1S/C14H13N3O4/c1-21-14(20)10-7-8-11(17-16-10)15-12(13(18)19)9-5-3-2-4-6-9/h2-8,12H,1H3,(H,15,17)(H,18,19). The molecule has 1 unspecified atom stereocenters. The van der Waals surface area contributed by atoms with Gasteiger partial charge in [0.2, 0.25) is 0 Å². The minimum absolute atomic E-state index is 0.0506. The number of carbonyl (C=O) groups is 2. The number of rotatable bonds is 5. The van der Waals surface area contributed by atoms with Gasteiger partial charge in [0.1, 0.15) is 5.82 Å². The maximum Gasteiger partial charge on any atom is 0.358 e. The second-order valence-corrected chi connectivity index (χ2v) is 4.12. The largest absolute Gasteiger partial charge is 0.479 e.